The number of rotatable bonds is 8. The Morgan fingerprint density at radius 2 is 2.17 bits per heavy atom. The van der Waals surface area contributed by atoms with Crippen LogP contribution >= 0.6 is 0 Å². The molecule has 0 saturated heterocycles. The number of nitrogens with one attached hydrogen (secondary N) is 1. The Bertz CT molecular complexity index is 652. The van der Waals surface area contributed by atoms with E-state index < -0.39 is 5.66 Å². The van der Waals surface area contributed by atoms with Crippen LogP contribution in [0.2, 0.25) is 0 Å². The van der Waals surface area contributed by atoms with Crippen molar-refractivity contribution >= 4 is 17.6 Å². The summed E-state index contributed by atoms with van der Waals surface area (Å²) in [6.07, 6.45) is 7.25. The van der Waals surface area contributed by atoms with Crippen LogP contribution in [-0.4, -0.2) is 41.1 Å². The number of amides is 2. The molecule has 2 amide bonds. The SMILES string of the molecule is C#CCCC1(CCC(=O)N(C)CC(=O)Nc2cc(C)on2)N=N1. The van der Waals surface area contributed by atoms with Gasteiger partial charge in [0.2, 0.25) is 11.8 Å². The second kappa shape index (κ2) is 7.05. The van der Waals surface area contributed by atoms with Gasteiger partial charge < -0.3 is 14.7 Å². The quantitative estimate of drug-likeness (QED) is 0.738. The third-order valence-electron chi connectivity index (χ3n) is 3.49. The number of aryl methyl sites for hydroxylation is 1. The molecule has 0 bridgehead atoms. The summed E-state index contributed by atoms with van der Waals surface area (Å²) in [4.78, 5) is 25.3. The Kier molecular flexibility index (Phi) is 5.11. The molecule has 0 spiro atoms. The molecule has 1 aromatic rings. The average Bonchev–Trinajstić information content (AvgIpc) is 3.17. The summed E-state index contributed by atoms with van der Waals surface area (Å²) in [6.45, 7) is 1.67. The van der Waals surface area contributed by atoms with Crippen LogP contribution in [0.1, 0.15) is 31.4 Å². The molecule has 2 rings (SSSR count). The molecule has 8 heteroatoms. The van der Waals surface area contributed by atoms with Crippen molar-refractivity contribution in [2.24, 2.45) is 10.2 Å². The number of terminal acetylenes is 1. The van der Waals surface area contributed by atoms with Crippen molar-refractivity contribution in [3.8, 4) is 12.3 Å². The fraction of sp³-hybridized carbons (Fsp3) is 0.533. The molecule has 8 nitrogen and oxygen atoms in total. The van der Waals surface area contributed by atoms with Crippen molar-refractivity contribution in [3.05, 3.63) is 11.8 Å². The number of nitrogens with zero attached hydrogens (tertiary/aromatic N) is 4. The molecule has 1 aliphatic rings. The van der Waals surface area contributed by atoms with Gasteiger partial charge in [-0.05, 0) is 6.92 Å². The molecule has 0 aliphatic carbocycles. The Morgan fingerprint density at radius 1 is 1.43 bits per heavy atom. The second-order valence-corrected chi connectivity index (χ2v) is 5.51. The first-order valence-corrected chi connectivity index (χ1v) is 7.29. The van der Waals surface area contributed by atoms with Crippen LogP contribution in [0.3, 0.4) is 0 Å². The maximum absolute atomic E-state index is 12.1. The largest absolute Gasteiger partial charge is 0.360 e. The van der Waals surface area contributed by atoms with Gasteiger partial charge in [0.05, 0.1) is 6.54 Å². The normalized spacial score (nSPS) is 14.1. The molecule has 0 radical (unpaired) electrons. The number of hydrogen-bond donors (Lipinski definition) is 1. The molecule has 2 heterocycles. The van der Waals surface area contributed by atoms with Crippen molar-refractivity contribution in [3.63, 3.8) is 0 Å². The number of carbonyl (C=O) groups is 2. The predicted octanol–water partition coefficient (Wildman–Crippen LogP) is 1.74. The third kappa shape index (κ3) is 4.92. The predicted molar refractivity (Wildman–Crippen MR) is 82.4 cm³/mol. The van der Waals surface area contributed by atoms with E-state index in [1.807, 2.05) is 0 Å². The molecular formula is C15H19N5O3. The highest BCUT2D eigenvalue weighted by Crippen LogP contribution is 2.37. The molecule has 1 N–H and O–H groups in total. The first-order chi connectivity index (χ1) is 10.9. The van der Waals surface area contributed by atoms with E-state index in [0.29, 0.717) is 30.8 Å². The lowest BCUT2D eigenvalue weighted by Gasteiger charge is -2.17. The number of carbonyl (C=O) groups excluding carboxylic acids is 2. The minimum absolute atomic E-state index is 0.0591. The van der Waals surface area contributed by atoms with Crippen LogP contribution in [0.5, 0.6) is 0 Å². The van der Waals surface area contributed by atoms with Gasteiger partial charge >= 0.3 is 0 Å². The Hall–Kier alpha value is -2.69. The molecule has 122 valence electrons. The minimum Gasteiger partial charge on any atom is -0.360 e. The molecule has 0 aromatic carbocycles. The van der Waals surface area contributed by atoms with E-state index in [9.17, 15) is 9.59 Å². The van der Waals surface area contributed by atoms with Crippen LogP contribution in [0.15, 0.2) is 20.8 Å². The Morgan fingerprint density at radius 3 is 2.74 bits per heavy atom. The van der Waals surface area contributed by atoms with Gasteiger partial charge in [-0.2, -0.15) is 10.2 Å². The third-order valence-corrected chi connectivity index (χ3v) is 3.49. The zero-order chi connectivity index (χ0) is 16.9. The van der Waals surface area contributed by atoms with Gasteiger partial charge in [0.25, 0.3) is 0 Å². The first-order valence-electron chi connectivity index (χ1n) is 7.29. The van der Waals surface area contributed by atoms with E-state index in [2.05, 4.69) is 26.6 Å². The Labute approximate surface area is 134 Å². The summed E-state index contributed by atoms with van der Waals surface area (Å²) in [5, 5.41) is 14.2. The monoisotopic (exact) mass is 317 g/mol. The summed E-state index contributed by atoms with van der Waals surface area (Å²) in [5.41, 5.74) is -0.483. The highest BCUT2D eigenvalue weighted by Gasteiger charge is 2.39. The van der Waals surface area contributed by atoms with Crippen molar-refractivity contribution in [1.82, 2.24) is 10.1 Å². The van der Waals surface area contributed by atoms with E-state index in [0.717, 1.165) is 0 Å². The van der Waals surface area contributed by atoms with E-state index in [4.69, 9.17) is 10.9 Å². The fourth-order valence-corrected chi connectivity index (χ4v) is 2.08. The second-order valence-electron chi connectivity index (χ2n) is 5.51. The maximum atomic E-state index is 12.1. The van der Waals surface area contributed by atoms with Crippen LogP contribution < -0.4 is 5.32 Å². The van der Waals surface area contributed by atoms with Crippen LogP contribution in [0.4, 0.5) is 5.82 Å². The van der Waals surface area contributed by atoms with E-state index >= 15 is 0 Å². The van der Waals surface area contributed by atoms with Gasteiger partial charge in [-0.15, -0.1) is 12.3 Å². The summed E-state index contributed by atoms with van der Waals surface area (Å²) in [7, 11) is 1.57. The molecule has 23 heavy (non-hydrogen) atoms. The standard InChI is InChI=1S/C15H19N5O3/c1-4-5-7-15(18-19-15)8-6-14(22)20(3)10-13(21)16-12-9-11(2)23-17-12/h1,9H,5-8,10H2,2-3H3,(H,16,17,21). The maximum Gasteiger partial charge on any atom is 0.245 e. The van der Waals surface area contributed by atoms with Gasteiger partial charge in [0.1, 0.15) is 5.76 Å². The van der Waals surface area contributed by atoms with Gasteiger partial charge in [0.15, 0.2) is 11.5 Å². The molecule has 0 saturated carbocycles. The minimum atomic E-state index is -0.483. The summed E-state index contributed by atoms with van der Waals surface area (Å²) in [5.74, 6) is 2.99. The van der Waals surface area contributed by atoms with Gasteiger partial charge in [-0.1, -0.05) is 5.16 Å². The van der Waals surface area contributed by atoms with Crippen LogP contribution in [0, 0.1) is 19.3 Å². The topological polar surface area (TPSA) is 100 Å². The lowest BCUT2D eigenvalue weighted by molar-refractivity contribution is -0.133. The fourth-order valence-electron chi connectivity index (χ4n) is 2.08. The van der Waals surface area contributed by atoms with Gasteiger partial charge in [0, 0.05) is 38.8 Å². The molecular weight excluding hydrogens is 298 g/mol. The molecule has 1 aliphatic heterocycles. The van der Waals surface area contributed by atoms with Gasteiger partial charge in [-0.3, -0.25) is 9.59 Å². The summed E-state index contributed by atoms with van der Waals surface area (Å²) >= 11 is 0. The smallest absolute Gasteiger partial charge is 0.245 e. The van der Waals surface area contributed by atoms with Crippen molar-refractivity contribution < 1.29 is 14.1 Å². The van der Waals surface area contributed by atoms with Crippen molar-refractivity contribution in [1.29, 1.82) is 0 Å². The highest BCUT2D eigenvalue weighted by molar-refractivity contribution is 5.93. The lowest BCUT2D eigenvalue weighted by atomic mass is 10.0. The van der Waals surface area contributed by atoms with E-state index in [1.165, 1.54) is 4.90 Å². The van der Waals surface area contributed by atoms with Crippen LogP contribution in [-0.2, 0) is 9.59 Å². The zero-order valence-electron chi connectivity index (χ0n) is 13.2. The van der Waals surface area contributed by atoms with Crippen LogP contribution in [0.25, 0.3) is 0 Å². The Balaban J connectivity index is 1.72. The molecule has 0 unspecified atom stereocenters. The zero-order valence-corrected chi connectivity index (χ0v) is 13.2. The number of likely N-dealkylation sites (N-methyl/N-ethyl adjacent to an activating group) is 1. The van der Waals surface area contributed by atoms with Crippen molar-refractivity contribution in [2.45, 2.75) is 38.3 Å². The summed E-state index contributed by atoms with van der Waals surface area (Å²) in [6, 6.07) is 1.60. The van der Waals surface area contributed by atoms with E-state index in [-0.39, 0.29) is 24.8 Å². The molecule has 1 aromatic heterocycles. The number of hydrogen-bond acceptors (Lipinski definition) is 6. The van der Waals surface area contributed by atoms with Crippen molar-refractivity contribution in [2.75, 3.05) is 18.9 Å². The average molecular weight is 317 g/mol. The molecule has 0 atom stereocenters. The van der Waals surface area contributed by atoms with Gasteiger partial charge in [-0.25, -0.2) is 0 Å². The lowest BCUT2D eigenvalue weighted by Crippen LogP contribution is -2.35. The highest BCUT2D eigenvalue weighted by atomic mass is 16.5. The summed E-state index contributed by atoms with van der Waals surface area (Å²) < 4.78 is 4.85. The van der Waals surface area contributed by atoms with E-state index in [1.54, 1.807) is 20.0 Å². The first kappa shape index (κ1) is 16.7. The molecule has 0 fully saturated rings. The number of aromatic nitrogens is 1. The number of anilines is 1.